The molecule has 0 aliphatic carbocycles. The summed E-state index contributed by atoms with van der Waals surface area (Å²) in [7, 11) is 1.33. The molecule has 0 saturated carbocycles. The molecule has 0 aromatic heterocycles. The first-order valence-electron chi connectivity index (χ1n) is 13.4. The van der Waals surface area contributed by atoms with Gasteiger partial charge >= 0.3 is 5.97 Å². The SMILES string of the molecule is CCCCCCCCCCCCCCCCCCc1cc(C)c(O)c(C)c1.COC(=O)CS. The van der Waals surface area contributed by atoms with Crippen molar-refractivity contribution in [3.63, 3.8) is 0 Å². The molecule has 0 fully saturated rings. The van der Waals surface area contributed by atoms with Crippen LogP contribution in [0.3, 0.4) is 0 Å². The summed E-state index contributed by atoms with van der Waals surface area (Å²) in [5.41, 5.74) is 3.41. The number of phenolic OH excluding ortho intramolecular Hbond substituents is 1. The van der Waals surface area contributed by atoms with Crippen LogP contribution in [0.25, 0.3) is 0 Å². The minimum atomic E-state index is -0.293. The number of hydrogen-bond donors (Lipinski definition) is 2. The van der Waals surface area contributed by atoms with Crippen LogP contribution in [-0.2, 0) is 16.0 Å². The molecule has 0 radical (unpaired) electrons. The maximum Gasteiger partial charge on any atom is 0.315 e. The molecule has 1 aromatic rings. The molecule has 0 aliphatic heterocycles. The molecule has 0 saturated heterocycles. The van der Waals surface area contributed by atoms with Crippen molar-refractivity contribution in [2.75, 3.05) is 12.9 Å². The number of esters is 1. The zero-order valence-electron chi connectivity index (χ0n) is 22.1. The van der Waals surface area contributed by atoms with E-state index in [1.54, 1.807) is 0 Å². The van der Waals surface area contributed by atoms with Crippen LogP contribution < -0.4 is 0 Å². The van der Waals surface area contributed by atoms with E-state index in [1.165, 1.54) is 115 Å². The lowest BCUT2D eigenvalue weighted by Crippen LogP contribution is -1.99. The average molecular weight is 481 g/mol. The van der Waals surface area contributed by atoms with Crippen molar-refractivity contribution in [2.24, 2.45) is 0 Å². The van der Waals surface area contributed by atoms with Gasteiger partial charge in [-0.1, -0.05) is 115 Å². The van der Waals surface area contributed by atoms with Crippen LogP contribution in [0, 0.1) is 13.8 Å². The lowest BCUT2D eigenvalue weighted by atomic mass is 10.00. The van der Waals surface area contributed by atoms with E-state index < -0.39 is 0 Å². The third kappa shape index (κ3) is 18.9. The highest BCUT2D eigenvalue weighted by molar-refractivity contribution is 7.81. The Morgan fingerprint density at radius 2 is 1.12 bits per heavy atom. The van der Waals surface area contributed by atoms with Gasteiger partial charge in [0.15, 0.2) is 0 Å². The number of phenols is 1. The molecule has 0 amide bonds. The normalized spacial score (nSPS) is 10.6. The zero-order valence-corrected chi connectivity index (χ0v) is 23.0. The number of rotatable bonds is 18. The highest BCUT2D eigenvalue weighted by atomic mass is 32.1. The van der Waals surface area contributed by atoms with Crippen LogP contribution in [0.5, 0.6) is 5.75 Å². The monoisotopic (exact) mass is 480 g/mol. The fourth-order valence-corrected chi connectivity index (χ4v) is 4.26. The standard InChI is InChI=1S/C26H46O.C3H6O2S/c1-4-5-6-7-8-9-10-11-12-13-14-15-16-17-18-19-20-25-21-23(2)26(27)24(3)22-25;1-5-3(4)2-6/h21-22,27H,4-20H2,1-3H3;6H,2H2,1H3. The van der Waals surface area contributed by atoms with Gasteiger partial charge in [0, 0.05) is 0 Å². The van der Waals surface area contributed by atoms with Crippen LogP contribution in [-0.4, -0.2) is 23.9 Å². The first-order chi connectivity index (χ1) is 16.0. The van der Waals surface area contributed by atoms with E-state index >= 15 is 0 Å². The Labute approximate surface area is 210 Å². The van der Waals surface area contributed by atoms with Gasteiger partial charge in [-0.3, -0.25) is 4.79 Å². The molecule has 33 heavy (non-hydrogen) atoms. The number of methoxy groups -OCH3 is 1. The zero-order chi connectivity index (χ0) is 24.7. The molecule has 0 spiro atoms. The maximum absolute atomic E-state index is 9.88. The van der Waals surface area contributed by atoms with Gasteiger partial charge in [-0.15, -0.1) is 0 Å². The lowest BCUT2D eigenvalue weighted by molar-refractivity contribution is -0.137. The molecular formula is C29H52O3S. The molecule has 0 atom stereocenters. The van der Waals surface area contributed by atoms with Crippen LogP contribution in [0.2, 0.25) is 0 Å². The van der Waals surface area contributed by atoms with E-state index in [0.29, 0.717) is 5.75 Å². The third-order valence-electron chi connectivity index (χ3n) is 6.23. The molecule has 0 unspecified atom stereocenters. The van der Waals surface area contributed by atoms with Gasteiger partial charge in [-0.05, 0) is 43.4 Å². The minimum absolute atomic E-state index is 0.163. The van der Waals surface area contributed by atoms with E-state index in [-0.39, 0.29) is 11.7 Å². The van der Waals surface area contributed by atoms with Gasteiger partial charge in [0.05, 0.1) is 12.9 Å². The Hall–Kier alpha value is -1.16. The second-order valence-corrected chi connectivity index (χ2v) is 9.68. The van der Waals surface area contributed by atoms with E-state index in [4.69, 9.17) is 0 Å². The van der Waals surface area contributed by atoms with Crippen molar-refractivity contribution >= 4 is 18.6 Å². The number of benzene rings is 1. The summed E-state index contributed by atoms with van der Waals surface area (Å²) in [4.78, 5) is 9.88. The van der Waals surface area contributed by atoms with E-state index in [1.807, 2.05) is 13.8 Å². The van der Waals surface area contributed by atoms with Crippen molar-refractivity contribution in [1.82, 2.24) is 0 Å². The van der Waals surface area contributed by atoms with Crippen LogP contribution in [0.15, 0.2) is 12.1 Å². The fraction of sp³-hybridized carbons (Fsp3) is 0.759. The Balaban J connectivity index is 0.00000150. The Morgan fingerprint density at radius 1 is 0.758 bits per heavy atom. The average Bonchev–Trinajstić information content (AvgIpc) is 2.82. The largest absolute Gasteiger partial charge is 0.507 e. The predicted molar refractivity (Wildman–Crippen MR) is 147 cm³/mol. The van der Waals surface area contributed by atoms with Crippen molar-refractivity contribution in [3.05, 3.63) is 28.8 Å². The highest BCUT2D eigenvalue weighted by Gasteiger charge is 2.03. The molecule has 1 N–H and O–H groups in total. The topological polar surface area (TPSA) is 46.5 Å². The highest BCUT2D eigenvalue weighted by Crippen LogP contribution is 2.24. The quantitative estimate of drug-likeness (QED) is 0.125. The number of ether oxygens (including phenoxy) is 1. The molecule has 192 valence electrons. The Morgan fingerprint density at radius 3 is 1.42 bits per heavy atom. The molecule has 3 nitrogen and oxygen atoms in total. The first kappa shape index (κ1) is 31.8. The number of thiol groups is 1. The number of aryl methyl sites for hydroxylation is 3. The summed E-state index contributed by atoms with van der Waals surface area (Å²) < 4.78 is 4.18. The summed E-state index contributed by atoms with van der Waals surface area (Å²) >= 11 is 3.62. The number of carbonyl (C=O) groups is 1. The van der Waals surface area contributed by atoms with Crippen molar-refractivity contribution in [1.29, 1.82) is 0 Å². The summed E-state index contributed by atoms with van der Waals surface area (Å²) in [5.74, 6) is 0.334. The smallest absolute Gasteiger partial charge is 0.315 e. The van der Waals surface area contributed by atoms with Crippen molar-refractivity contribution in [3.8, 4) is 5.75 Å². The van der Waals surface area contributed by atoms with Gasteiger partial charge in [0.2, 0.25) is 0 Å². The molecule has 1 rings (SSSR count). The van der Waals surface area contributed by atoms with Gasteiger partial charge in [0.1, 0.15) is 5.75 Å². The summed E-state index contributed by atoms with van der Waals surface area (Å²) in [6.45, 7) is 6.29. The lowest BCUT2D eigenvalue weighted by Gasteiger charge is -2.08. The van der Waals surface area contributed by atoms with Crippen LogP contribution in [0.4, 0.5) is 0 Å². The summed E-state index contributed by atoms with van der Waals surface area (Å²) in [5, 5.41) is 9.84. The predicted octanol–water partition coefficient (Wildman–Crippen LogP) is 8.90. The van der Waals surface area contributed by atoms with E-state index in [0.717, 1.165) is 17.5 Å². The third-order valence-corrected chi connectivity index (χ3v) is 6.48. The molecular weight excluding hydrogens is 428 g/mol. The second-order valence-electron chi connectivity index (χ2n) is 9.37. The van der Waals surface area contributed by atoms with Crippen molar-refractivity contribution in [2.45, 2.75) is 130 Å². The van der Waals surface area contributed by atoms with Crippen LogP contribution >= 0.6 is 12.6 Å². The molecule has 0 aliphatic rings. The fourth-order valence-electron chi connectivity index (χ4n) is 4.13. The van der Waals surface area contributed by atoms with Crippen LogP contribution in [0.1, 0.15) is 126 Å². The number of aromatic hydroxyl groups is 1. The number of carbonyl (C=O) groups excluding carboxylic acids is 1. The number of unbranched alkanes of at least 4 members (excludes halogenated alkanes) is 15. The first-order valence-corrected chi connectivity index (χ1v) is 14.1. The Bertz CT molecular complexity index is 572. The summed E-state index contributed by atoms with van der Waals surface area (Å²) in [6.07, 6.45) is 23.9. The van der Waals surface area contributed by atoms with Gasteiger partial charge in [0.25, 0.3) is 0 Å². The summed E-state index contributed by atoms with van der Waals surface area (Å²) in [6, 6.07) is 4.29. The van der Waals surface area contributed by atoms with E-state index in [9.17, 15) is 9.90 Å². The second kappa shape index (κ2) is 22.6. The maximum atomic E-state index is 9.88. The molecule has 1 aromatic carbocycles. The van der Waals surface area contributed by atoms with E-state index in [2.05, 4.69) is 36.4 Å². The molecule has 0 bridgehead atoms. The van der Waals surface area contributed by atoms with Gasteiger partial charge < -0.3 is 9.84 Å². The van der Waals surface area contributed by atoms with Gasteiger partial charge in [-0.2, -0.15) is 12.6 Å². The van der Waals surface area contributed by atoms with Gasteiger partial charge in [-0.25, -0.2) is 0 Å². The minimum Gasteiger partial charge on any atom is -0.507 e. The molecule has 4 heteroatoms. The molecule has 0 heterocycles. The number of hydrogen-bond acceptors (Lipinski definition) is 4. The van der Waals surface area contributed by atoms with Crippen molar-refractivity contribution < 1.29 is 14.6 Å². The Kier molecular flexibility index (Phi) is 21.8.